The lowest BCUT2D eigenvalue weighted by molar-refractivity contribution is -0.162. The molecule has 4 atom stereocenters. The molecule has 3 heteroatoms. The van der Waals surface area contributed by atoms with Gasteiger partial charge in [0.25, 0.3) is 0 Å². The molecule has 3 aliphatic rings. The Hall–Kier alpha value is -0.830. The highest BCUT2D eigenvalue weighted by molar-refractivity contribution is 5.66. The molecule has 0 aromatic carbocycles. The van der Waals surface area contributed by atoms with Crippen molar-refractivity contribution in [3.8, 4) is 0 Å². The maximum Gasteiger partial charge on any atom is 0.305 e. The first kappa shape index (κ1) is 14.1. The molecule has 0 aromatic rings. The Morgan fingerprint density at radius 2 is 2.10 bits per heavy atom. The molecule has 1 saturated heterocycles. The number of carbonyl (C=O) groups is 1. The topological polar surface area (TPSA) is 35.5 Å². The summed E-state index contributed by atoms with van der Waals surface area (Å²) >= 11 is 0. The number of esters is 1. The van der Waals surface area contributed by atoms with Gasteiger partial charge < -0.3 is 9.47 Å². The average molecular weight is 278 g/mol. The molecule has 3 nitrogen and oxygen atoms in total. The third-order valence-electron chi connectivity index (χ3n) is 6.02. The van der Waals surface area contributed by atoms with Gasteiger partial charge in [0, 0.05) is 12.8 Å². The maximum atomic E-state index is 11.2. The van der Waals surface area contributed by atoms with Crippen molar-refractivity contribution >= 4 is 5.97 Å². The van der Waals surface area contributed by atoms with Crippen LogP contribution < -0.4 is 0 Å². The zero-order valence-electron chi connectivity index (χ0n) is 13.1. The molecule has 20 heavy (non-hydrogen) atoms. The summed E-state index contributed by atoms with van der Waals surface area (Å²) in [7, 11) is 0. The Morgan fingerprint density at radius 1 is 1.35 bits per heavy atom. The van der Waals surface area contributed by atoms with Gasteiger partial charge in [-0.1, -0.05) is 33.3 Å². The Kier molecular flexibility index (Phi) is 3.24. The van der Waals surface area contributed by atoms with Gasteiger partial charge in [-0.05, 0) is 41.6 Å². The molecule has 1 heterocycles. The molecule has 0 aromatic heterocycles. The van der Waals surface area contributed by atoms with E-state index >= 15 is 0 Å². The van der Waals surface area contributed by atoms with Crippen LogP contribution in [-0.2, 0) is 14.3 Å². The fourth-order valence-electron chi connectivity index (χ4n) is 5.03. The summed E-state index contributed by atoms with van der Waals surface area (Å²) in [5.74, 6) is 0.871. The molecule has 0 amide bonds. The molecule has 1 saturated carbocycles. The van der Waals surface area contributed by atoms with Crippen LogP contribution >= 0.6 is 0 Å². The second kappa shape index (κ2) is 4.59. The van der Waals surface area contributed by atoms with Crippen LogP contribution in [0.2, 0.25) is 0 Å². The van der Waals surface area contributed by atoms with Crippen LogP contribution in [0, 0.1) is 22.7 Å². The van der Waals surface area contributed by atoms with Crippen molar-refractivity contribution in [2.45, 2.75) is 59.7 Å². The van der Waals surface area contributed by atoms with E-state index in [1.54, 1.807) is 0 Å². The predicted octanol–water partition coefficient (Wildman–Crippen LogP) is 3.68. The van der Waals surface area contributed by atoms with Gasteiger partial charge in [-0.2, -0.15) is 0 Å². The van der Waals surface area contributed by atoms with E-state index in [2.05, 4.69) is 26.8 Å². The minimum atomic E-state index is -0.430. The van der Waals surface area contributed by atoms with Crippen molar-refractivity contribution < 1.29 is 14.3 Å². The smallest absolute Gasteiger partial charge is 0.305 e. The minimum absolute atomic E-state index is 0.257. The number of hydrogen-bond donors (Lipinski definition) is 0. The number of fused-ring (bicyclic) bond motifs is 3. The monoisotopic (exact) mass is 278 g/mol. The lowest BCUT2D eigenvalue weighted by Crippen LogP contribution is -2.49. The van der Waals surface area contributed by atoms with Gasteiger partial charge in [0.1, 0.15) is 0 Å². The van der Waals surface area contributed by atoms with Crippen molar-refractivity contribution in [3.05, 3.63) is 11.6 Å². The molecule has 1 aliphatic heterocycles. The number of ether oxygens (including phenoxy) is 2. The maximum absolute atomic E-state index is 11.2. The molecular weight excluding hydrogens is 252 g/mol. The fraction of sp³-hybridized carbons (Fsp3) is 0.824. The third-order valence-corrected chi connectivity index (χ3v) is 6.02. The van der Waals surface area contributed by atoms with Crippen molar-refractivity contribution in [3.63, 3.8) is 0 Å². The summed E-state index contributed by atoms with van der Waals surface area (Å²) in [6.45, 7) is 9.40. The summed E-state index contributed by atoms with van der Waals surface area (Å²) in [6.07, 6.45) is 6.83. The Balaban J connectivity index is 1.91. The van der Waals surface area contributed by atoms with E-state index in [4.69, 9.17) is 9.47 Å². The fourth-order valence-corrected chi connectivity index (χ4v) is 5.03. The van der Waals surface area contributed by atoms with Crippen LogP contribution in [0.5, 0.6) is 0 Å². The molecule has 4 unspecified atom stereocenters. The highest BCUT2D eigenvalue weighted by Crippen LogP contribution is 2.61. The second-order valence-corrected chi connectivity index (χ2v) is 7.67. The van der Waals surface area contributed by atoms with Crippen molar-refractivity contribution in [2.75, 3.05) is 6.61 Å². The Morgan fingerprint density at radius 3 is 2.80 bits per heavy atom. The van der Waals surface area contributed by atoms with E-state index in [9.17, 15) is 4.79 Å². The number of hydrogen-bond acceptors (Lipinski definition) is 3. The number of carbonyl (C=O) groups excluding carboxylic acids is 1. The quantitative estimate of drug-likeness (QED) is 0.542. The van der Waals surface area contributed by atoms with E-state index in [1.807, 2.05) is 0 Å². The normalized spacial score (nSPS) is 42.4. The first-order valence-electron chi connectivity index (χ1n) is 7.83. The minimum Gasteiger partial charge on any atom is -0.432 e. The van der Waals surface area contributed by atoms with Gasteiger partial charge >= 0.3 is 5.97 Å². The lowest BCUT2D eigenvalue weighted by atomic mass is 9.49. The standard InChI is InChI=1S/C17H26O3/c1-11(18)20-15-12-6-7-14-16(2,3)8-5-9-17(14,4)13(12)10-19-15/h6,13-15H,5,7-10H2,1-4H3. The van der Waals surface area contributed by atoms with E-state index in [1.165, 1.54) is 31.8 Å². The Labute approximate surface area is 121 Å². The predicted molar refractivity (Wildman–Crippen MR) is 76.9 cm³/mol. The number of allylic oxidation sites excluding steroid dienone is 1. The summed E-state index contributed by atoms with van der Waals surface area (Å²) in [5.41, 5.74) is 1.91. The van der Waals surface area contributed by atoms with Crippen molar-refractivity contribution in [1.82, 2.24) is 0 Å². The Bertz CT molecular complexity index is 451. The van der Waals surface area contributed by atoms with Gasteiger partial charge in [-0.15, -0.1) is 0 Å². The van der Waals surface area contributed by atoms with Gasteiger partial charge in [0.2, 0.25) is 6.29 Å². The highest BCUT2D eigenvalue weighted by atomic mass is 16.7. The van der Waals surface area contributed by atoms with Crippen LogP contribution in [0.4, 0.5) is 0 Å². The highest BCUT2D eigenvalue weighted by Gasteiger charge is 2.55. The van der Waals surface area contributed by atoms with E-state index in [0.29, 0.717) is 29.3 Å². The van der Waals surface area contributed by atoms with Crippen LogP contribution in [-0.4, -0.2) is 18.9 Å². The molecule has 3 rings (SSSR count). The summed E-state index contributed by atoms with van der Waals surface area (Å²) in [6, 6.07) is 0. The lowest BCUT2D eigenvalue weighted by Gasteiger charge is -2.55. The zero-order chi connectivity index (χ0) is 14.5. The second-order valence-electron chi connectivity index (χ2n) is 7.67. The largest absolute Gasteiger partial charge is 0.432 e. The van der Waals surface area contributed by atoms with E-state index in [0.717, 1.165) is 6.42 Å². The molecule has 0 bridgehead atoms. The van der Waals surface area contributed by atoms with Crippen LogP contribution in [0.25, 0.3) is 0 Å². The van der Waals surface area contributed by atoms with Crippen LogP contribution in [0.15, 0.2) is 11.6 Å². The van der Waals surface area contributed by atoms with Crippen LogP contribution in [0.1, 0.15) is 53.4 Å². The molecule has 0 N–H and O–H groups in total. The summed E-state index contributed by atoms with van der Waals surface area (Å²) in [5, 5.41) is 0. The average Bonchev–Trinajstić information content (AvgIpc) is 2.72. The molecule has 0 spiro atoms. The third kappa shape index (κ3) is 2.02. The summed E-state index contributed by atoms with van der Waals surface area (Å²) in [4.78, 5) is 11.2. The molecule has 2 fully saturated rings. The zero-order valence-corrected chi connectivity index (χ0v) is 13.1. The molecule has 112 valence electrons. The molecule has 2 aliphatic carbocycles. The van der Waals surface area contributed by atoms with Gasteiger partial charge in [-0.3, -0.25) is 4.79 Å². The SMILES string of the molecule is CC(=O)OC1OCC2C1=CCC1C(C)(C)CCCC21C. The molecule has 0 radical (unpaired) electrons. The molecular formula is C17H26O3. The van der Waals surface area contributed by atoms with Gasteiger partial charge in [-0.25, -0.2) is 0 Å². The van der Waals surface area contributed by atoms with Gasteiger partial charge in [0.05, 0.1) is 6.61 Å². The van der Waals surface area contributed by atoms with Crippen molar-refractivity contribution in [2.24, 2.45) is 22.7 Å². The summed E-state index contributed by atoms with van der Waals surface area (Å²) < 4.78 is 11.1. The van der Waals surface area contributed by atoms with E-state index < -0.39 is 6.29 Å². The van der Waals surface area contributed by atoms with E-state index in [-0.39, 0.29) is 5.97 Å². The first-order valence-corrected chi connectivity index (χ1v) is 7.83. The number of rotatable bonds is 1. The van der Waals surface area contributed by atoms with Gasteiger partial charge in [0.15, 0.2) is 0 Å². The van der Waals surface area contributed by atoms with Crippen molar-refractivity contribution in [1.29, 1.82) is 0 Å². The first-order chi connectivity index (χ1) is 9.34. The van der Waals surface area contributed by atoms with Crippen LogP contribution in [0.3, 0.4) is 0 Å².